The molecule has 2 heterocycles. The minimum atomic E-state index is -0.257. The highest BCUT2D eigenvalue weighted by atomic mass is 16.7. The van der Waals surface area contributed by atoms with Gasteiger partial charge in [0.05, 0.1) is 12.2 Å². The Hall–Kier alpha value is -0.870. The third kappa shape index (κ3) is 7.98. The van der Waals surface area contributed by atoms with Gasteiger partial charge in [-0.1, -0.05) is 32.1 Å². The normalized spacial score (nSPS) is 33.4. The van der Waals surface area contributed by atoms with Gasteiger partial charge in [-0.3, -0.25) is 0 Å². The molecule has 0 spiro atoms. The largest absolute Gasteiger partial charge is 0.460 e. The van der Waals surface area contributed by atoms with Crippen molar-refractivity contribution in [3.63, 3.8) is 0 Å². The average Bonchev–Trinajstić information content (AvgIpc) is 2.55. The molecule has 132 valence electrons. The molecule has 23 heavy (non-hydrogen) atoms. The molecule has 1 unspecified atom stereocenters. The van der Waals surface area contributed by atoms with Crippen LogP contribution in [-0.4, -0.2) is 31.1 Å². The lowest BCUT2D eigenvalue weighted by molar-refractivity contribution is -0.179. The summed E-state index contributed by atoms with van der Waals surface area (Å²) in [6.07, 6.45) is 15.6. The number of hydrogen-bond acceptors (Lipinski definition) is 4. The summed E-state index contributed by atoms with van der Waals surface area (Å²) in [6, 6.07) is 0. The van der Waals surface area contributed by atoms with Crippen LogP contribution < -0.4 is 0 Å². The first-order valence-corrected chi connectivity index (χ1v) is 9.40. The van der Waals surface area contributed by atoms with E-state index in [2.05, 4.69) is 0 Å². The predicted molar refractivity (Wildman–Crippen MR) is 90.1 cm³/mol. The van der Waals surface area contributed by atoms with E-state index in [1.165, 1.54) is 31.8 Å². The van der Waals surface area contributed by atoms with Crippen molar-refractivity contribution in [3.05, 3.63) is 12.2 Å². The highest BCUT2D eigenvalue weighted by Gasteiger charge is 2.18. The molecule has 2 aliphatic rings. The molecular weight excluding hydrogens is 292 g/mol. The van der Waals surface area contributed by atoms with Gasteiger partial charge in [0.15, 0.2) is 6.29 Å². The van der Waals surface area contributed by atoms with E-state index in [1.54, 1.807) is 0 Å². The molecule has 0 aliphatic carbocycles. The molecule has 0 aromatic rings. The van der Waals surface area contributed by atoms with Crippen LogP contribution in [0, 0.1) is 0 Å². The standard InChI is InChI=1S/C19H32O4/c1-16-10-6-4-2-3-5-7-11-17(13-14-18(20)22-16)23-19-12-8-9-15-21-19/h13-14,16-17,19H,2-12,15H2,1H3/b14-13+/t16-,17+,19?/m0/s1. The third-order valence-corrected chi connectivity index (χ3v) is 4.58. The van der Waals surface area contributed by atoms with Crippen molar-refractivity contribution in [2.45, 2.75) is 96.1 Å². The summed E-state index contributed by atoms with van der Waals surface area (Å²) in [4.78, 5) is 11.9. The Kier molecular flexibility index (Phi) is 8.69. The fraction of sp³-hybridized carbons (Fsp3) is 0.842. The van der Waals surface area contributed by atoms with Crippen LogP contribution in [0.2, 0.25) is 0 Å². The topological polar surface area (TPSA) is 44.8 Å². The van der Waals surface area contributed by atoms with E-state index in [9.17, 15) is 4.79 Å². The minimum Gasteiger partial charge on any atom is -0.460 e. The van der Waals surface area contributed by atoms with Crippen LogP contribution in [0.25, 0.3) is 0 Å². The summed E-state index contributed by atoms with van der Waals surface area (Å²) in [5.41, 5.74) is 0. The predicted octanol–water partition coefficient (Wildman–Crippen LogP) is 4.52. The quantitative estimate of drug-likeness (QED) is 0.701. The molecule has 0 radical (unpaired) electrons. The van der Waals surface area contributed by atoms with Gasteiger partial charge in [0.25, 0.3) is 0 Å². The van der Waals surface area contributed by atoms with Crippen molar-refractivity contribution in [2.75, 3.05) is 6.61 Å². The van der Waals surface area contributed by atoms with E-state index in [0.717, 1.165) is 51.6 Å². The zero-order chi connectivity index (χ0) is 16.3. The van der Waals surface area contributed by atoms with Gasteiger partial charge in [-0.05, 0) is 51.5 Å². The highest BCUT2D eigenvalue weighted by molar-refractivity contribution is 5.82. The summed E-state index contributed by atoms with van der Waals surface area (Å²) in [7, 11) is 0. The van der Waals surface area contributed by atoms with Gasteiger partial charge in [0.2, 0.25) is 0 Å². The van der Waals surface area contributed by atoms with E-state index < -0.39 is 0 Å². The Balaban J connectivity index is 1.89. The van der Waals surface area contributed by atoms with Gasteiger partial charge in [0, 0.05) is 12.7 Å². The van der Waals surface area contributed by atoms with Gasteiger partial charge in [0.1, 0.15) is 0 Å². The number of rotatable bonds is 2. The van der Waals surface area contributed by atoms with Crippen LogP contribution in [0.1, 0.15) is 77.6 Å². The van der Waals surface area contributed by atoms with Crippen molar-refractivity contribution >= 4 is 5.97 Å². The van der Waals surface area contributed by atoms with E-state index in [4.69, 9.17) is 14.2 Å². The second-order valence-corrected chi connectivity index (χ2v) is 6.78. The maximum absolute atomic E-state index is 11.9. The maximum atomic E-state index is 11.9. The van der Waals surface area contributed by atoms with Gasteiger partial charge in [-0.25, -0.2) is 4.79 Å². The Morgan fingerprint density at radius 2 is 1.65 bits per heavy atom. The van der Waals surface area contributed by atoms with Crippen molar-refractivity contribution in [1.29, 1.82) is 0 Å². The number of ether oxygens (including phenoxy) is 3. The first-order valence-electron chi connectivity index (χ1n) is 9.40. The summed E-state index contributed by atoms with van der Waals surface area (Å²) >= 11 is 0. The molecule has 1 saturated heterocycles. The van der Waals surface area contributed by atoms with Crippen LogP contribution in [0.15, 0.2) is 12.2 Å². The van der Waals surface area contributed by atoms with Crippen LogP contribution in [0.4, 0.5) is 0 Å². The Morgan fingerprint density at radius 1 is 0.957 bits per heavy atom. The summed E-state index contributed by atoms with van der Waals surface area (Å²) in [5, 5.41) is 0. The SMILES string of the molecule is C[C@H]1CCCCCCCC[C@@H](OC2CCCCO2)/C=C/C(=O)O1. The van der Waals surface area contributed by atoms with Crippen LogP contribution in [0.5, 0.6) is 0 Å². The van der Waals surface area contributed by atoms with E-state index in [1.807, 2.05) is 13.0 Å². The van der Waals surface area contributed by atoms with E-state index in [0.29, 0.717) is 0 Å². The maximum Gasteiger partial charge on any atom is 0.330 e. The van der Waals surface area contributed by atoms with Gasteiger partial charge >= 0.3 is 5.97 Å². The van der Waals surface area contributed by atoms with Crippen LogP contribution in [0.3, 0.4) is 0 Å². The van der Waals surface area contributed by atoms with E-state index >= 15 is 0 Å². The molecule has 0 bridgehead atoms. The van der Waals surface area contributed by atoms with Crippen LogP contribution >= 0.6 is 0 Å². The van der Waals surface area contributed by atoms with E-state index in [-0.39, 0.29) is 24.5 Å². The van der Waals surface area contributed by atoms with Crippen molar-refractivity contribution < 1.29 is 19.0 Å². The summed E-state index contributed by atoms with van der Waals surface area (Å²) in [5.74, 6) is -0.257. The van der Waals surface area contributed by atoms with Crippen molar-refractivity contribution in [1.82, 2.24) is 0 Å². The lowest BCUT2D eigenvalue weighted by Gasteiger charge is -2.26. The zero-order valence-corrected chi connectivity index (χ0v) is 14.5. The Bertz CT molecular complexity index is 360. The fourth-order valence-electron chi connectivity index (χ4n) is 3.19. The summed E-state index contributed by atoms with van der Waals surface area (Å²) < 4.78 is 17.1. The monoisotopic (exact) mass is 324 g/mol. The Morgan fingerprint density at radius 3 is 2.39 bits per heavy atom. The number of hydrogen-bond donors (Lipinski definition) is 0. The number of carbonyl (C=O) groups is 1. The first kappa shape index (κ1) is 18.5. The second-order valence-electron chi connectivity index (χ2n) is 6.78. The highest BCUT2D eigenvalue weighted by Crippen LogP contribution is 2.20. The zero-order valence-electron chi connectivity index (χ0n) is 14.5. The van der Waals surface area contributed by atoms with Gasteiger partial charge < -0.3 is 14.2 Å². The molecule has 2 rings (SSSR count). The van der Waals surface area contributed by atoms with Crippen LogP contribution in [-0.2, 0) is 19.0 Å². The number of cyclic esters (lactones) is 1. The molecule has 0 amide bonds. The smallest absolute Gasteiger partial charge is 0.330 e. The molecule has 4 nitrogen and oxygen atoms in total. The Labute approximate surface area is 140 Å². The molecule has 0 aromatic heterocycles. The molecule has 1 fully saturated rings. The molecule has 0 aromatic carbocycles. The molecule has 0 saturated carbocycles. The second kappa shape index (κ2) is 10.8. The fourth-order valence-corrected chi connectivity index (χ4v) is 3.19. The van der Waals surface area contributed by atoms with Gasteiger partial charge in [-0.2, -0.15) is 0 Å². The molecular formula is C19H32O4. The average molecular weight is 324 g/mol. The number of carbonyl (C=O) groups excluding carboxylic acids is 1. The molecule has 2 aliphatic heterocycles. The third-order valence-electron chi connectivity index (χ3n) is 4.58. The summed E-state index contributed by atoms with van der Waals surface area (Å²) in [6.45, 7) is 2.75. The minimum absolute atomic E-state index is 0.00358. The van der Waals surface area contributed by atoms with Crippen molar-refractivity contribution in [3.8, 4) is 0 Å². The lowest BCUT2D eigenvalue weighted by atomic mass is 10.0. The number of esters is 1. The first-order chi connectivity index (χ1) is 11.2. The molecule has 3 atom stereocenters. The lowest BCUT2D eigenvalue weighted by Crippen LogP contribution is -2.27. The molecule has 0 N–H and O–H groups in total. The molecule has 4 heteroatoms. The van der Waals surface area contributed by atoms with Gasteiger partial charge in [-0.15, -0.1) is 0 Å². The van der Waals surface area contributed by atoms with Crippen molar-refractivity contribution in [2.24, 2.45) is 0 Å².